The second kappa shape index (κ2) is 13.1. The van der Waals surface area contributed by atoms with Gasteiger partial charge in [0.2, 0.25) is 11.8 Å². The number of aliphatic carboxylic acids is 1. The van der Waals surface area contributed by atoms with Crippen LogP contribution in [-0.4, -0.2) is 77.8 Å². The number of nitrogens with one attached hydrogen (secondary N) is 3. The van der Waals surface area contributed by atoms with Crippen LogP contribution in [0.5, 0.6) is 5.75 Å². The number of carboxylic acid groups (broad SMARTS) is 1. The zero-order valence-corrected chi connectivity index (χ0v) is 25.7. The number of phenolic OH excluding ortho intramolecular Hbond substituents is 1. The molecule has 2 aromatic carbocycles. The monoisotopic (exact) mass is 654 g/mol. The first-order chi connectivity index (χ1) is 21.0. The number of anilines is 1. The molecule has 2 aliphatic rings. The number of fused-ring (bicyclic) bond motifs is 1. The lowest BCUT2D eigenvalue weighted by Crippen LogP contribution is -2.71. The van der Waals surface area contributed by atoms with E-state index >= 15 is 0 Å². The maximum Gasteiger partial charge on any atom is 0.352 e. The highest BCUT2D eigenvalue weighted by Gasteiger charge is 2.54. The highest BCUT2D eigenvalue weighted by atomic mass is 32.2. The van der Waals surface area contributed by atoms with Gasteiger partial charge in [0.1, 0.15) is 33.9 Å². The molecule has 1 fully saturated rings. The van der Waals surface area contributed by atoms with Gasteiger partial charge in [0, 0.05) is 24.1 Å². The van der Waals surface area contributed by atoms with Crippen LogP contribution in [0.15, 0.2) is 64.1 Å². The number of aromatic nitrogens is 2. The Morgan fingerprint density at radius 2 is 1.89 bits per heavy atom. The van der Waals surface area contributed by atoms with Crippen LogP contribution in [0.25, 0.3) is 0 Å². The molecule has 1 unspecified atom stereocenters. The molecule has 1 saturated heterocycles. The molecule has 1 aromatic heterocycles. The van der Waals surface area contributed by atoms with Gasteiger partial charge in [-0.25, -0.2) is 4.79 Å². The van der Waals surface area contributed by atoms with Crippen LogP contribution in [0, 0.1) is 6.92 Å². The number of carbonyl (C=O) groups is 5. The van der Waals surface area contributed by atoms with Crippen molar-refractivity contribution in [3.8, 4) is 5.75 Å². The zero-order valence-electron chi connectivity index (χ0n) is 23.3. The van der Waals surface area contributed by atoms with E-state index in [1.165, 1.54) is 64.9 Å². The lowest BCUT2D eigenvalue weighted by Gasteiger charge is -2.49. The van der Waals surface area contributed by atoms with Crippen molar-refractivity contribution in [2.24, 2.45) is 0 Å². The van der Waals surface area contributed by atoms with Crippen LogP contribution >= 0.6 is 34.9 Å². The minimum atomic E-state index is -1.26. The maximum absolute atomic E-state index is 13.6. The number of rotatable bonds is 10. The summed E-state index contributed by atoms with van der Waals surface area (Å²) in [4.78, 5) is 65.0. The molecule has 44 heavy (non-hydrogen) atoms. The van der Waals surface area contributed by atoms with Crippen LogP contribution in [0.3, 0.4) is 0 Å². The third-order valence-corrected chi connectivity index (χ3v) is 10.1. The SMILES string of the molecule is CC(=O)Nc1ccc(O)c(C(=O)N[C@H](C(=O)NC2C(=O)N3C(C(=O)O)=C(CSc4nnc(C)s4)CS[C@@H]23)c2ccccc2)c1. The summed E-state index contributed by atoms with van der Waals surface area (Å²) in [5, 5.41) is 36.3. The van der Waals surface area contributed by atoms with Crippen molar-refractivity contribution in [3.63, 3.8) is 0 Å². The van der Waals surface area contributed by atoms with Crippen molar-refractivity contribution in [1.29, 1.82) is 0 Å². The highest BCUT2D eigenvalue weighted by molar-refractivity contribution is 8.01. The number of thioether (sulfide) groups is 2. The number of hydrogen-bond donors (Lipinski definition) is 5. The number of hydrogen-bond acceptors (Lipinski definition) is 11. The van der Waals surface area contributed by atoms with Crippen molar-refractivity contribution in [2.75, 3.05) is 16.8 Å². The highest BCUT2D eigenvalue weighted by Crippen LogP contribution is 2.42. The molecule has 0 saturated carbocycles. The van der Waals surface area contributed by atoms with Gasteiger partial charge in [-0.2, -0.15) is 0 Å². The van der Waals surface area contributed by atoms with Gasteiger partial charge in [-0.15, -0.1) is 22.0 Å². The van der Waals surface area contributed by atoms with Crippen LogP contribution in [0.1, 0.15) is 33.9 Å². The maximum atomic E-state index is 13.6. The van der Waals surface area contributed by atoms with E-state index in [1.54, 1.807) is 30.3 Å². The summed E-state index contributed by atoms with van der Waals surface area (Å²) in [7, 11) is 0. The predicted molar refractivity (Wildman–Crippen MR) is 164 cm³/mol. The molecule has 0 radical (unpaired) electrons. The smallest absolute Gasteiger partial charge is 0.352 e. The molecule has 228 valence electrons. The average Bonchev–Trinajstić information content (AvgIpc) is 3.42. The fraction of sp³-hybridized carbons (Fsp3) is 0.250. The summed E-state index contributed by atoms with van der Waals surface area (Å²) < 4.78 is 0.691. The Hall–Kier alpha value is -4.41. The summed E-state index contributed by atoms with van der Waals surface area (Å²) in [6, 6.07) is 9.99. The Morgan fingerprint density at radius 1 is 1.14 bits per heavy atom. The Labute approximate surface area is 263 Å². The van der Waals surface area contributed by atoms with Crippen LogP contribution in [-0.2, 0) is 19.2 Å². The summed E-state index contributed by atoms with van der Waals surface area (Å²) in [5.41, 5.74) is 0.956. The van der Waals surface area contributed by atoms with Crippen molar-refractivity contribution in [1.82, 2.24) is 25.7 Å². The molecule has 0 aliphatic carbocycles. The van der Waals surface area contributed by atoms with E-state index in [0.29, 0.717) is 27.0 Å². The van der Waals surface area contributed by atoms with Gasteiger partial charge in [-0.05, 0) is 36.3 Å². The molecule has 5 rings (SSSR count). The molecule has 16 heteroatoms. The van der Waals surface area contributed by atoms with E-state index in [9.17, 15) is 34.2 Å². The number of β-lactam (4-membered cyclic amide) rings is 1. The molecular formula is C28H26N6O7S3. The lowest BCUT2D eigenvalue weighted by atomic mass is 10.0. The molecule has 5 N–H and O–H groups in total. The fourth-order valence-corrected chi connectivity index (χ4v) is 7.97. The number of benzene rings is 2. The molecule has 3 heterocycles. The molecule has 3 atom stereocenters. The Bertz CT molecular complexity index is 1680. The van der Waals surface area contributed by atoms with Crippen molar-refractivity contribution in [3.05, 3.63) is 75.9 Å². The molecule has 3 aromatic rings. The van der Waals surface area contributed by atoms with Gasteiger partial charge < -0.3 is 26.2 Å². The largest absolute Gasteiger partial charge is 0.507 e. The molecule has 0 bridgehead atoms. The minimum absolute atomic E-state index is 0.111. The molecular weight excluding hydrogens is 629 g/mol. The predicted octanol–water partition coefficient (Wildman–Crippen LogP) is 2.51. The van der Waals surface area contributed by atoms with Gasteiger partial charge in [0.05, 0.1) is 5.56 Å². The summed E-state index contributed by atoms with van der Waals surface area (Å²) >= 11 is 4.07. The third kappa shape index (κ3) is 6.56. The Balaban J connectivity index is 1.33. The minimum Gasteiger partial charge on any atom is -0.507 e. The second-order valence-corrected chi connectivity index (χ2v) is 13.3. The van der Waals surface area contributed by atoms with E-state index in [-0.39, 0.29) is 28.6 Å². The van der Waals surface area contributed by atoms with Crippen LogP contribution in [0.2, 0.25) is 0 Å². The van der Waals surface area contributed by atoms with E-state index < -0.39 is 41.1 Å². The summed E-state index contributed by atoms with van der Waals surface area (Å²) in [6.07, 6.45) is 0. The average molecular weight is 655 g/mol. The number of amides is 4. The van der Waals surface area contributed by atoms with E-state index in [0.717, 1.165) is 5.01 Å². The van der Waals surface area contributed by atoms with Crippen molar-refractivity contribution < 1.29 is 34.2 Å². The third-order valence-electron chi connectivity index (χ3n) is 6.66. The van der Waals surface area contributed by atoms with E-state index in [2.05, 4.69) is 26.1 Å². The molecule has 2 aliphatic heterocycles. The fourth-order valence-electron chi connectivity index (χ4n) is 4.67. The van der Waals surface area contributed by atoms with Crippen LogP contribution in [0.4, 0.5) is 5.69 Å². The first-order valence-corrected chi connectivity index (χ1v) is 16.0. The van der Waals surface area contributed by atoms with Crippen molar-refractivity contribution in [2.45, 2.75) is 35.6 Å². The number of carboxylic acids is 1. The normalized spacial score (nSPS) is 18.1. The molecule has 4 amide bonds. The summed E-state index contributed by atoms with van der Waals surface area (Å²) in [6.45, 7) is 3.12. The van der Waals surface area contributed by atoms with E-state index in [1.807, 2.05) is 6.92 Å². The number of carbonyl (C=O) groups excluding carboxylic acids is 4. The van der Waals surface area contributed by atoms with Crippen molar-refractivity contribution >= 4 is 70.1 Å². The molecule has 0 spiro atoms. The lowest BCUT2D eigenvalue weighted by molar-refractivity contribution is -0.151. The Kier molecular flexibility index (Phi) is 9.22. The van der Waals surface area contributed by atoms with Gasteiger partial charge in [-0.1, -0.05) is 53.4 Å². The van der Waals surface area contributed by atoms with Gasteiger partial charge in [-0.3, -0.25) is 24.1 Å². The van der Waals surface area contributed by atoms with Crippen LogP contribution < -0.4 is 16.0 Å². The first-order valence-electron chi connectivity index (χ1n) is 13.1. The first kappa shape index (κ1) is 31.0. The summed E-state index contributed by atoms with van der Waals surface area (Å²) in [5.74, 6) is -3.41. The quantitative estimate of drug-likeness (QED) is 0.123. The zero-order chi connectivity index (χ0) is 31.5. The van der Waals surface area contributed by atoms with Gasteiger partial charge in [0.25, 0.3) is 11.8 Å². The number of phenols is 1. The van der Waals surface area contributed by atoms with Gasteiger partial charge in [0.15, 0.2) is 4.34 Å². The standard InChI is InChI=1S/C28H26N6O7S3/c1-13(35)29-17-8-9-19(36)18(10-17)23(37)30-20(15-6-4-3-5-7-15)24(38)31-21-25(39)34-22(27(40)41)16(11-42-26(21)34)12-43-28-33-32-14(2)44-28/h3-10,20-21,26,36H,11-12H2,1-2H3,(H,29,35)(H,30,37)(H,31,38)(H,40,41)/t20-,21?,26-/m0/s1. The van der Waals surface area contributed by atoms with Gasteiger partial charge >= 0.3 is 5.97 Å². The van der Waals surface area contributed by atoms with E-state index in [4.69, 9.17) is 0 Å². The Morgan fingerprint density at radius 3 is 2.55 bits per heavy atom. The second-order valence-electron chi connectivity index (χ2n) is 9.76. The molecule has 13 nitrogen and oxygen atoms in total. The number of aromatic hydroxyl groups is 1. The number of aryl methyl sites for hydroxylation is 1. The number of nitrogens with zero attached hydrogens (tertiary/aromatic N) is 3. The topological polar surface area (TPSA) is 191 Å².